The molecule has 2 heterocycles. The van der Waals surface area contributed by atoms with Crippen LogP contribution in [0.4, 0.5) is 10.1 Å². The maximum absolute atomic E-state index is 13.3. The SMILES string of the molecule is Cc1ccc(F)cc1N1CC(c2ncon2)CC1=O. The van der Waals surface area contributed by atoms with Gasteiger partial charge in [0.05, 0.1) is 0 Å². The molecule has 1 amide bonds. The third kappa shape index (κ3) is 2.09. The number of halogens is 1. The van der Waals surface area contributed by atoms with Crippen LogP contribution in [0.3, 0.4) is 0 Å². The Labute approximate surface area is 109 Å². The number of carbonyl (C=O) groups is 1. The van der Waals surface area contributed by atoms with Crippen LogP contribution in [0.5, 0.6) is 0 Å². The number of nitrogens with zero attached hydrogens (tertiary/aromatic N) is 3. The van der Waals surface area contributed by atoms with Gasteiger partial charge in [-0.05, 0) is 24.6 Å². The van der Waals surface area contributed by atoms with Crippen molar-refractivity contribution in [3.8, 4) is 0 Å². The second-order valence-electron chi connectivity index (χ2n) is 4.63. The number of aryl methyl sites for hydroxylation is 1. The lowest BCUT2D eigenvalue weighted by Gasteiger charge is -2.18. The Morgan fingerprint density at radius 2 is 2.32 bits per heavy atom. The second-order valence-corrected chi connectivity index (χ2v) is 4.63. The Balaban J connectivity index is 1.90. The van der Waals surface area contributed by atoms with Crippen LogP contribution in [0.15, 0.2) is 29.1 Å². The number of hydrogen-bond acceptors (Lipinski definition) is 4. The number of aromatic nitrogens is 2. The normalized spacial score (nSPS) is 19.2. The monoisotopic (exact) mass is 261 g/mol. The minimum atomic E-state index is -0.351. The molecule has 1 aliphatic heterocycles. The van der Waals surface area contributed by atoms with Crippen molar-refractivity contribution in [2.75, 3.05) is 11.4 Å². The number of benzene rings is 1. The number of carbonyl (C=O) groups excluding carboxylic acids is 1. The Hall–Kier alpha value is -2.24. The zero-order valence-corrected chi connectivity index (χ0v) is 10.3. The molecule has 3 rings (SSSR count). The van der Waals surface area contributed by atoms with E-state index in [9.17, 15) is 9.18 Å². The van der Waals surface area contributed by atoms with Crippen LogP contribution < -0.4 is 4.90 Å². The summed E-state index contributed by atoms with van der Waals surface area (Å²) in [7, 11) is 0. The molecule has 1 aromatic carbocycles. The van der Waals surface area contributed by atoms with E-state index in [1.54, 1.807) is 11.0 Å². The molecular formula is C13H12FN3O2. The van der Waals surface area contributed by atoms with Gasteiger partial charge in [-0.2, -0.15) is 4.98 Å². The predicted octanol–water partition coefficient (Wildman–Crippen LogP) is 2.04. The third-order valence-corrected chi connectivity index (χ3v) is 3.33. The van der Waals surface area contributed by atoms with E-state index in [-0.39, 0.29) is 17.6 Å². The fourth-order valence-corrected chi connectivity index (χ4v) is 2.35. The summed E-state index contributed by atoms with van der Waals surface area (Å²) in [6.45, 7) is 2.30. The first-order valence-corrected chi connectivity index (χ1v) is 5.98. The molecule has 0 spiro atoms. The first-order valence-electron chi connectivity index (χ1n) is 5.98. The summed E-state index contributed by atoms with van der Waals surface area (Å²) in [5, 5.41) is 3.76. The lowest BCUT2D eigenvalue weighted by atomic mass is 10.1. The molecule has 1 fully saturated rings. The van der Waals surface area contributed by atoms with Crippen LogP contribution in [0.25, 0.3) is 0 Å². The number of amides is 1. The highest BCUT2D eigenvalue weighted by Gasteiger charge is 2.34. The van der Waals surface area contributed by atoms with Gasteiger partial charge in [0.1, 0.15) is 5.82 Å². The average Bonchev–Trinajstić information content (AvgIpc) is 3.01. The highest BCUT2D eigenvalue weighted by Crippen LogP contribution is 2.32. The molecule has 5 nitrogen and oxygen atoms in total. The van der Waals surface area contributed by atoms with Gasteiger partial charge in [0, 0.05) is 24.6 Å². The number of rotatable bonds is 2. The number of anilines is 1. The standard InChI is InChI=1S/C13H12FN3O2/c1-8-2-3-10(14)5-11(8)17-6-9(4-12(17)18)13-15-7-19-16-13/h2-3,5,7,9H,4,6H2,1H3. The molecule has 98 valence electrons. The summed E-state index contributed by atoms with van der Waals surface area (Å²) in [4.78, 5) is 17.6. The first kappa shape index (κ1) is 11.8. The molecule has 0 aliphatic carbocycles. The van der Waals surface area contributed by atoms with E-state index in [2.05, 4.69) is 10.1 Å². The van der Waals surface area contributed by atoms with Gasteiger partial charge in [0.15, 0.2) is 5.82 Å². The Morgan fingerprint density at radius 1 is 1.47 bits per heavy atom. The van der Waals surface area contributed by atoms with Crippen molar-refractivity contribution < 1.29 is 13.7 Å². The van der Waals surface area contributed by atoms with Crippen molar-refractivity contribution in [1.82, 2.24) is 10.1 Å². The van der Waals surface area contributed by atoms with Crippen molar-refractivity contribution in [1.29, 1.82) is 0 Å². The van der Waals surface area contributed by atoms with Gasteiger partial charge >= 0.3 is 0 Å². The molecule has 1 aromatic heterocycles. The summed E-state index contributed by atoms with van der Waals surface area (Å²) in [6.07, 6.45) is 1.56. The molecule has 0 radical (unpaired) electrons. The van der Waals surface area contributed by atoms with Gasteiger partial charge in [-0.15, -0.1) is 0 Å². The molecule has 0 N–H and O–H groups in total. The summed E-state index contributed by atoms with van der Waals surface area (Å²) in [5.74, 6) is 0.0127. The smallest absolute Gasteiger partial charge is 0.227 e. The lowest BCUT2D eigenvalue weighted by molar-refractivity contribution is -0.117. The summed E-state index contributed by atoms with van der Waals surface area (Å²) >= 11 is 0. The summed E-state index contributed by atoms with van der Waals surface area (Å²) < 4.78 is 18.0. The molecule has 2 aromatic rings. The fraction of sp³-hybridized carbons (Fsp3) is 0.308. The zero-order chi connectivity index (χ0) is 13.4. The van der Waals surface area contributed by atoms with Crippen LogP contribution in [0.2, 0.25) is 0 Å². The first-order chi connectivity index (χ1) is 9.15. The van der Waals surface area contributed by atoms with E-state index < -0.39 is 0 Å². The van der Waals surface area contributed by atoms with Gasteiger partial charge in [0.25, 0.3) is 0 Å². The van der Waals surface area contributed by atoms with Crippen molar-refractivity contribution in [3.63, 3.8) is 0 Å². The molecule has 0 saturated carbocycles. The third-order valence-electron chi connectivity index (χ3n) is 3.33. The highest BCUT2D eigenvalue weighted by atomic mass is 19.1. The second kappa shape index (κ2) is 4.46. The average molecular weight is 261 g/mol. The van der Waals surface area contributed by atoms with E-state index >= 15 is 0 Å². The maximum Gasteiger partial charge on any atom is 0.227 e. The molecule has 19 heavy (non-hydrogen) atoms. The molecule has 1 saturated heterocycles. The van der Waals surface area contributed by atoms with Crippen molar-refractivity contribution in [2.24, 2.45) is 0 Å². The van der Waals surface area contributed by atoms with E-state index in [0.29, 0.717) is 24.5 Å². The number of hydrogen-bond donors (Lipinski definition) is 0. The Kier molecular flexibility index (Phi) is 2.77. The van der Waals surface area contributed by atoms with Crippen molar-refractivity contribution in [2.45, 2.75) is 19.3 Å². The molecule has 1 unspecified atom stereocenters. The van der Waals surface area contributed by atoms with E-state index in [1.807, 2.05) is 6.92 Å². The van der Waals surface area contributed by atoms with Gasteiger partial charge in [0.2, 0.25) is 12.3 Å². The van der Waals surface area contributed by atoms with Crippen LogP contribution in [-0.2, 0) is 4.79 Å². The van der Waals surface area contributed by atoms with Gasteiger partial charge in [-0.25, -0.2) is 4.39 Å². The Bertz CT molecular complexity index is 612. The Morgan fingerprint density at radius 3 is 3.05 bits per heavy atom. The van der Waals surface area contributed by atoms with E-state index in [4.69, 9.17) is 4.52 Å². The van der Waals surface area contributed by atoms with E-state index in [0.717, 1.165) is 5.56 Å². The van der Waals surface area contributed by atoms with Gasteiger partial charge < -0.3 is 9.42 Å². The topological polar surface area (TPSA) is 59.2 Å². The lowest BCUT2D eigenvalue weighted by Crippen LogP contribution is -2.25. The van der Waals surface area contributed by atoms with Crippen molar-refractivity contribution in [3.05, 3.63) is 41.8 Å². The largest absolute Gasteiger partial charge is 0.343 e. The highest BCUT2D eigenvalue weighted by molar-refractivity contribution is 5.97. The minimum absolute atomic E-state index is 0.0523. The summed E-state index contributed by atoms with van der Waals surface area (Å²) in [6, 6.07) is 4.43. The molecule has 6 heteroatoms. The van der Waals surface area contributed by atoms with Crippen LogP contribution in [0, 0.1) is 12.7 Å². The maximum atomic E-state index is 13.3. The molecule has 1 atom stereocenters. The van der Waals surface area contributed by atoms with E-state index in [1.165, 1.54) is 18.5 Å². The fourth-order valence-electron chi connectivity index (χ4n) is 2.35. The molecule has 1 aliphatic rings. The van der Waals surface area contributed by atoms with Gasteiger partial charge in [-0.3, -0.25) is 4.79 Å². The van der Waals surface area contributed by atoms with Crippen LogP contribution in [-0.4, -0.2) is 22.6 Å². The van der Waals surface area contributed by atoms with Crippen LogP contribution >= 0.6 is 0 Å². The quantitative estimate of drug-likeness (QED) is 0.830. The predicted molar refractivity (Wildman–Crippen MR) is 65.1 cm³/mol. The zero-order valence-electron chi connectivity index (χ0n) is 10.3. The summed E-state index contributed by atoms with van der Waals surface area (Å²) in [5.41, 5.74) is 1.47. The van der Waals surface area contributed by atoms with Crippen molar-refractivity contribution >= 4 is 11.6 Å². The van der Waals surface area contributed by atoms with Crippen LogP contribution in [0.1, 0.15) is 23.7 Å². The molecular weight excluding hydrogens is 249 g/mol. The van der Waals surface area contributed by atoms with Gasteiger partial charge in [-0.1, -0.05) is 11.2 Å². The molecule has 0 bridgehead atoms. The minimum Gasteiger partial charge on any atom is -0.343 e.